The lowest BCUT2D eigenvalue weighted by Crippen LogP contribution is -2.23. The molecule has 0 unspecified atom stereocenters. The number of ether oxygens (including phenoxy) is 1. The molecule has 0 saturated carbocycles. The average Bonchev–Trinajstić information content (AvgIpc) is 2.71. The summed E-state index contributed by atoms with van der Waals surface area (Å²) in [6.45, 7) is 0.716. The molecule has 0 aliphatic rings. The molecule has 0 saturated heterocycles. The van der Waals surface area contributed by atoms with Gasteiger partial charge in [0.25, 0.3) is 0 Å². The number of hydrogen-bond acceptors (Lipinski definition) is 3. The Bertz CT molecular complexity index is 954. The molecule has 1 amide bonds. The van der Waals surface area contributed by atoms with Crippen molar-refractivity contribution < 1.29 is 18.3 Å². The molecular weight excluding hydrogens is 374 g/mol. The molecule has 6 heteroatoms. The third kappa shape index (κ3) is 6.84. The van der Waals surface area contributed by atoms with Gasteiger partial charge in [0.2, 0.25) is 5.91 Å². The van der Waals surface area contributed by atoms with Gasteiger partial charge in [-0.1, -0.05) is 18.2 Å². The summed E-state index contributed by atoms with van der Waals surface area (Å²) in [5.41, 5.74) is 2.32. The van der Waals surface area contributed by atoms with Crippen molar-refractivity contribution in [3.05, 3.63) is 101 Å². The summed E-state index contributed by atoms with van der Waals surface area (Å²) in [4.78, 5) is 15.9. The average molecular weight is 394 g/mol. The van der Waals surface area contributed by atoms with Crippen molar-refractivity contribution in [2.24, 2.45) is 0 Å². The van der Waals surface area contributed by atoms with Crippen LogP contribution in [-0.2, 0) is 17.8 Å². The first-order valence-corrected chi connectivity index (χ1v) is 9.11. The molecule has 3 rings (SSSR count). The number of nitrogens with zero attached hydrogens (tertiary/aromatic N) is 1. The van der Waals surface area contributed by atoms with E-state index in [9.17, 15) is 13.6 Å². The van der Waals surface area contributed by atoms with Gasteiger partial charge in [-0.3, -0.25) is 9.78 Å². The van der Waals surface area contributed by atoms with E-state index < -0.39 is 11.6 Å². The zero-order chi connectivity index (χ0) is 20.5. The van der Waals surface area contributed by atoms with Crippen LogP contribution in [-0.4, -0.2) is 17.4 Å². The van der Waals surface area contributed by atoms with Crippen LogP contribution in [0.3, 0.4) is 0 Å². The standard InChI is InChI=1S/C23H20F2N2O2/c24-20-12-18(13-21(25)14-20)9-11-27-23(28)8-5-17-3-6-22(7-4-17)29-16-19-2-1-10-26-15-19/h1-8,10,12-15H,9,11,16H2,(H,27,28)/b8-5+. The van der Waals surface area contributed by atoms with Crippen molar-refractivity contribution in [2.75, 3.05) is 6.54 Å². The van der Waals surface area contributed by atoms with Gasteiger partial charge in [-0.05, 0) is 54.0 Å². The number of carbonyl (C=O) groups is 1. The lowest BCUT2D eigenvalue weighted by molar-refractivity contribution is -0.116. The van der Waals surface area contributed by atoms with E-state index in [0.29, 0.717) is 18.6 Å². The molecule has 1 heterocycles. The van der Waals surface area contributed by atoms with Crippen LogP contribution in [0.2, 0.25) is 0 Å². The number of nitrogens with one attached hydrogen (secondary N) is 1. The highest BCUT2D eigenvalue weighted by Crippen LogP contribution is 2.15. The first kappa shape index (κ1) is 20.2. The lowest BCUT2D eigenvalue weighted by atomic mass is 10.1. The second kappa shape index (κ2) is 10.1. The Morgan fingerprint density at radius 2 is 1.79 bits per heavy atom. The van der Waals surface area contributed by atoms with Gasteiger partial charge in [0, 0.05) is 36.6 Å². The Kier molecular flexibility index (Phi) is 7.05. The molecule has 3 aromatic rings. The molecule has 0 aliphatic carbocycles. The molecule has 0 aliphatic heterocycles. The molecule has 0 spiro atoms. The van der Waals surface area contributed by atoms with Gasteiger partial charge in [-0.2, -0.15) is 0 Å². The molecule has 29 heavy (non-hydrogen) atoms. The number of amides is 1. The molecule has 4 nitrogen and oxygen atoms in total. The summed E-state index contributed by atoms with van der Waals surface area (Å²) < 4.78 is 32.0. The first-order valence-electron chi connectivity index (χ1n) is 9.11. The zero-order valence-electron chi connectivity index (χ0n) is 15.6. The molecule has 0 bridgehead atoms. The fraction of sp³-hybridized carbons (Fsp3) is 0.130. The molecule has 1 aromatic heterocycles. The topological polar surface area (TPSA) is 51.2 Å². The van der Waals surface area contributed by atoms with Crippen molar-refractivity contribution in [3.63, 3.8) is 0 Å². The largest absolute Gasteiger partial charge is 0.489 e. The van der Waals surface area contributed by atoms with E-state index in [1.54, 1.807) is 18.5 Å². The number of hydrogen-bond donors (Lipinski definition) is 1. The minimum absolute atomic E-state index is 0.279. The van der Waals surface area contributed by atoms with Gasteiger partial charge >= 0.3 is 0 Å². The van der Waals surface area contributed by atoms with Crippen LogP contribution in [0.4, 0.5) is 8.78 Å². The number of halogens is 2. The number of rotatable bonds is 8. The predicted molar refractivity (Wildman–Crippen MR) is 107 cm³/mol. The van der Waals surface area contributed by atoms with Crippen molar-refractivity contribution in [1.82, 2.24) is 10.3 Å². The Hall–Kier alpha value is -3.54. The monoisotopic (exact) mass is 394 g/mol. The van der Waals surface area contributed by atoms with Crippen LogP contribution in [0.15, 0.2) is 73.1 Å². The molecule has 148 valence electrons. The molecule has 2 aromatic carbocycles. The molecular formula is C23H20F2N2O2. The molecule has 0 radical (unpaired) electrons. The van der Waals surface area contributed by atoms with Crippen LogP contribution in [0, 0.1) is 11.6 Å². The lowest BCUT2D eigenvalue weighted by Gasteiger charge is -2.06. The van der Waals surface area contributed by atoms with Crippen molar-refractivity contribution in [3.8, 4) is 5.75 Å². The summed E-state index contributed by atoms with van der Waals surface area (Å²) in [5.74, 6) is -0.810. The summed E-state index contributed by atoms with van der Waals surface area (Å²) in [7, 11) is 0. The summed E-state index contributed by atoms with van der Waals surface area (Å²) in [5, 5.41) is 2.69. The van der Waals surface area contributed by atoms with Crippen molar-refractivity contribution in [2.45, 2.75) is 13.0 Å². The number of pyridine rings is 1. The van der Waals surface area contributed by atoms with Gasteiger partial charge in [0.1, 0.15) is 24.0 Å². The zero-order valence-corrected chi connectivity index (χ0v) is 15.6. The van der Waals surface area contributed by atoms with Crippen LogP contribution in [0.5, 0.6) is 5.75 Å². The molecule has 1 N–H and O–H groups in total. The summed E-state index contributed by atoms with van der Waals surface area (Å²) in [6.07, 6.45) is 6.90. The Morgan fingerprint density at radius 3 is 2.48 bits per heavy atom. The van der Waals surface area contributed by atoms with Gasteiger partial charge < -0.3 is 10.1 Å². The second-order valence-electron chi connectivity index (χ2n) is 6.37. The van der Waals surface area contributed by atoms with E-state index in [4.69, 9.17) is 4.74 Å². The maximum atomic E-state index is 13.1. The highest BCUT2D eigenvalue weighted by atomic mass is 19.1. The molecule has 0 atom stereocenters. The van der Waals surface area contributed by atoms with E-state index in [0.717, 1.165) is 22.9 Å². The summed E-state index contributed by atoms with van der Waals surface area (Å²) >= 11 is 0. The van der Waals surface area contributed by atoms with Crippen molar-refractivity contribution >= 4 is 12.0 Å². The van der Waals surface area contributed by atoms with E-state index >= 15 is 0 Å². The Morgan fingerprint density at radius 1 is 1.03 bits per heavy atom. The normalized spacial score (nSPS) is 10.8. The van der Waals surface area contributed by atoms with Gasteiger partial charge in [-0.25, -0.2) is 8.78 Å². The first-order chi connectivity index (χ1) is 14.1. The maximum absolute atomic E-state index is 13.1. The maximum Gasteiger partial charge on any atom is 0.244 e. The summed E-state index contributed by atoms with van der Waals surface area (Å²) in [6, 6.07) is 14.5. The highest BCUT2D eigenvalue weighted by molar-refractivity contribution is 5.91. The van der Waals surface area contributed by atoms with E-state index in [-0.39, 0.29) is 12.5 Å². The minimum atomic E-state index is -0.626. The van der Waals surface area contributed by atoms with Crippen LogP contribution in [0.1, 0.15) is 16.7 Å². The highest BCUT2D eigenvalue weighted by Gasteiger charge is 2.02. The molecule has 0 fully saturated rings. The van der Waals surface area contributed by atoms with E-state index in [1.807, 2.05) is 36.4 Å². The fourth-order valence-corrected chi connectivity index (χ4v) is 2.64. The number of benzene rings is 2. The van der Waals surface area contributed by atoms with E-state index in [1.165, 1.54) is 18.2 Å². The third-order valence-corrected chi connectivity index (χ3v) is 4.07. The smallest absolute Gasteiger partial charge is 0.244 e. The van der Waals surface area contributed by atoms with E-state index in [2.05, 4.69) is 10.3 Å². The van der Waals surface area contributed by atoms with Crippen LogP contribution >= 0.6 is 0 Å². The fourth-order valence-electron chi connectivity index (χ4n) is 2.64. The quantitative estimate of drug-likeness (QED) is 0.579. The van der Waals surface area contributed by atoms with Crippen molar-refractivity contribution in [1.29, 1.82) is 0 Å². The third-order valence-electron chi connectivity index (χ3n) is 4.07. The second-order valence-corrected chi connectivity index (χ2v) is 6.37. The van der Waals surface area contributed by atoms with Gasteiger partial charge in [-0.15, -0.1) is 0 Å². The minimum Gasteiger partial charge on any atom is -0.489 e. The van der Waals surface area contributed by atoms with Gasteiger partial charge in [0.15, 0.2) is 0 Å². The van der Waals surface area contributed by atoms with Gasteiger partial charge in [0.05, 0.1) is 0 Å². The SMILES string of the molecule is O=C(/C=C/c1ccc(OCc2cccnc2)cc1)NCCc1cc(F)cc(F)c1. The van der Waals surface area contributed by atoms with Crippen LogP contribution < -0.4 is 10.1 Å². The number of carbonyl (C=O) groups excluding carboxylic acids is 1. The van der Waals surface area contributed by atoms with Crippen LogP contribution in [0.25, 0.3) is 6.08 Å². The number of aromatic nitrogens is 1. The Balaban J connectivity index is 1.43. The predicted octanol–water partition coefficient (Wildman–Crippen LogP) is 4.31. The Labute approximate surface area is 167 Å².